The highest BCUT2D eigenvalue weighted by atomic mass is 32.2. The van der Waals surface area contributed by atoms with Crippen molar-refractivity contribution in [2.24, 2.45) is 0 Å². The predicted molar refractivity (Wildman–Crippen MR) is 80.5 cm³/mol. The van der Waals surface area contributed by atoms with Crippen molar-refractivity contribution in [3.63, 3.8) is 0 Å². The zero-order valence-electron chi connectivity index (χ0n) is 11.0. The van der Waals surface area contributed by atoms with Crippen LogP contribution in [0, 0.1) is 0 Å². The number of nitrogens with zero attached hydrogens (tertiary/aromatic N) is 3. The van der Waals surface area contributed by atoms with E-state index in [4.69, 9.17) is 0 Å². The fourth-order valence-corrected chi connectivity index (χ4v) is 3.46. The van der Waals surface area contributed by atoms with Crippen LogP contribution < -0.4 is 5.32 Å². The lowest BCUT2D eigenvalue weighted by Gasteiger charge is -2.29. The molecule has 0 aromatic carbocycles. The van der Waals surface area contributed by atoms with Crippen LogP contribution in [0.3, 0.4) is 0 Å². The molecule has 0 saturated heterocycles. The van der Waals surface area contributed by atoms with Crippen molar-refractivity contribution in [3.05, 3.63) is 24.5 Å². The Morgan fingerprint density at radius 2 is 2.11 bits per heavy atom. The first-order valence-electron chi connectivity index (χ1n) is 6.72. The molecule has 0 bridgehead atoms. The van der Waals surface area contributed by atoms with E-state index in [0.717, 1.165) is 16.6 Å². The smallest absolute Gasteiger partial charge is 0.180 e. The first-order chi connectivity index (χ1) is 9.35. The number of anilines is 1. The Hall–Kier alpha value is -1.36. The molecule has 2 aromatic heterocycles. The summed E-state index contributed by atoms with van der Waals surface area (Å²) in [5.41, 5.74) is 1.56. The Morgan fingerprint density at radius 1 is 1.21 bits per heavy atom. The minimum Gasteiger partial charge on any atom is -0.367 e. The van der Waals surface area contributed by atoms with Gasteiger partial charge in [-0.3, -0.25) is 4.98 Å². The Balaban J connectivity index is 1.74. The minimum absolute atomic E-state index is 0.535. The number of aromatic nitrogens is 3. The summed E-state index contributed by atoms with van der Waals surface area (Å²) in [6.45, 7) is 0. The van der Waals surface area contributed by atoms with Crippen LogP contribution in [0.4, 0.5) is 5.82 Å². The summed E-state index contributed by atoms with van der Waals surface area (Å²) in [6, 6.07) is 4.51. The van der Waals surface area contributed by atoms with E-state index >= 15 is 0 Å². The van der Waals surface area contributed by atoms with Crippen molar-refractivity contribution in [2.45, 2.75) is 37.0 Å². The standard InChI is InChI=1S/C14H18N4S/c1-19-11-4-2-3-10(9-11)17-13-6-5-12-14(18-13)16-8-7-15-12/h5-8,10-11H,2-4,9H2,1H3,(H,16,17,18). The van der Waals surface area contributed by atoms with Gasteiger partial charge in [0.15, 0.2) is 5.65 Å². The van der Waals surface area contributed by atoms with Gasteiger partial charge in [0.25, 0.3) is 0 Å². The highest BCUT2D eigenvalue weighted by molar-refractivity contribution is 7.99. The second-order valence-corrected chi connectivity index (χ2v) is 6.10. The number of thioether (sulfide) groups is 1. The second kappa shape index (κ2) is 5.74. The summed E-state index contributed by atoms with van der Waals surface area (Å²) in [5, 5.41) is 4.33. The average Bonchev–Trinajstić information content (AvgIpc) is 2.47. The molecule has 1 N–H and O–H groups in total. The van der Waals surface area contributed by atoms with Gasteiger partial charge < -0.3 is 5.32 Å². The van der Waals surface area contributed by atoms with E-state index in [1.807, 2.05) is 23.9 Å². The number of hydrogen-bond acceptors (Lipinski definition) is 5. The molecule has 4 nitrogen and oxygen atoms in total. The van der Waals surface area contributed by atoms with Crippen LogP contribution >= 0.6 is 11.8 Å². The number of nitrogens with one attached hydrogen (secondary N) is 1. The molecular weight excluding hydrogens is 256 g/mol. The van der Waals surface area contributed by atoms with Crippen molar-refractivity contribution < 1.29 is 0 Å². The van der Waals surface area contributed by atoms with Crippen LogP contribution in [-0.4, -0.2) is 32.5 Å². The molecule has 0 aliphatic heterocycles. The quantitative estimate of drug-likeness (QED) is 0.932. The Kier molecular flexibility index (Phi) is 3.82. The van der Waals surface area contributed by atoms with Crippen molar-refractivity contribution in [2.75, 3.05) is 11.6 Å². The van der Waals surface area contributed by atoms with Gasteiger partial charge in [0.2, 0.25) is 0 Å². The van der Waals surface area contributed by atoms with Crippen molar-refractivity contribution in [1.29, 1.82) is 0 Å². The molecule has 19 heavy (non-hydrogen) atoms. The average molecular weight is 274 g/mol. The molecule has 1 saturated carbocycles. The molecular formula is C14H18N4S. The number of fused-ring (bicyclic) bond motifs is 1. The molecule has 1 aliphatic rings. The normalized spacial score (nSPS) is 23.4. The van der Waals surface area contributed by atoms with Crippen molar-refractivity contribution in [1.82, 2.24) is 15.0 Å². The SMILES string of the molecule is CSC1CCCC(Nc2ccc3nccnc3n2)C1. The predicted octanol–water partition coefficient (Wildman–Crippen LogP) is 3.11. The lowest BCUT2D eigenvalue weighted by Crippen LogP contribution is -2.28. The Morgan fingerprint density at radius 3 is 3.00 bits per heavy atom. The molecule has 2 atom stereocenters. The zero-order chi connectivity index (χ0) is 13.1. The maximum atomic E-state index is 4.53. The molecule has 2 aromatic rings. The summed E-state index contributed by atoms with van der Waals surface area (Å²) in [7, 11) is 0. The van der Waals surface area contributed by atoms with Crippen molar-refractivity contribution >= 4 is 28.7 Å². The van der Waals surface area contributed by atoms with Crippen LogP contribution in [0.25, 0.3) is 11.2 Å². The van der Waals surface area contributed by atoms with E-state index in [1.54, 1.807) is 12.4 Å². The van der Waals surface area contributed by atoms with Gasteiger partial charge in [0.1, 0.15) is 11.3 Å². The second-order valence-electron chi connectivity index (χ2n) is 4.96. The van der Waals surface area contributed by atoms with Gasteiger partial charge in [-0.1, -0.05) is 6.42 Å². The maximum absolute atomic E-state index is 4.53. The van der Waals surface area contributed by atoms with E-state index in [0.29, 0.717) is 11.7 Å². The Bertz CT molecular complexity index is 560. The fourth-order valence-electron chi connectivity index (χ4n) is 2.63. The lowest BCUT2D eigenvalue weighted by atomic mass is 9.95. The molecule has 2 unspecified atom stereocenters. The summed E-state index contributed by atoms with van der Waals surface area (Å²) >= 11 is 1.98. The summed E-state index contributed by atoms with van der Waals surface area (Å²) in [4.78, 5) is 13.0. The molecule has 5 heteroatoms. The molecule has 2 heterocycles. The van der Waals surface area contributed by atoms with Gasteiger partial charge in [0.05, 0.1) is 0 Å². The van der Waals surface area contributed by atoms with E-state index in [9.17, 15) is 0 Å². The lowest BCUT2D eigenvalue weighted by molar-refractivity contribution is 0.473. The number of rotatable bonds is 3. The van der Waals surface area contributed by atoms with Gasteiger partial charge in [-0.15, -0.1) is 0 Å². The maximum Gasteiger partial charge on any atom is 0.180 e. The van der Waals surface area contributed by atoms with Crippen LogP contribution in [0.2, 0.25) is 0 Å². The van der Waals surface area contributed by atoms with Gasteiger partial charge >= 0.3 is 0 Å². The zero-order valence-corrected chi connectivity index (χ0v) is 11.9. The van der Waals surface area contributed by atoms with Gasteiger partial charge in [0, 0.05) is 23.7 Å². The minimum atomic E-state index is 0.535. The van der Waals surface area contributed by atoms with E-state index in [2.05, 4.69) is 26.5 Å². The highest BCUT2D eigenvalue weighted by Gasteiger charge is 2.21. The van der Waals surface area contributed by atoms with Crippen LogP contribution in [0.15, 0.2) is 24.5 Å². The molecule has 3 rings (SSSR count). The van der Waals surface area contributed by atoms with Crippen LogP contribution in [-0.2, 0) is 0 Å². The number of hydrogen-bond donors (Lipinski definition) is 1. The molecule has 0 spiro atoms. The molecule has 0 amide bonds. The largest absolute Gasteiger partial charge is 0.367 e. The molecule has 1 aliphatic carbocycles. The van der Waals surface area contributed by atoms with E-state index in [1.165, 1.54) is 25.7 Å². The van der Waals surface area contributed by atoms with Crippen LogP contribution in [0.1, 0.15) is 25.7 Å². The Labute approximate surface area is 117 Å². The van der Waals surface area contributed by atoms with Crippen LogP contribution in [0.5, 0.6) is 0 Å². The highest BCUT2D eigenvalue weighted by Crippen LogP contribution is 2.28. The first kappa shape index (κ1) is 12.7. The molecule has 100 valence electrons. The molecule has 0 radical (unpaired) electrons. The van der Waals surface area contributed by atoms with Gasteiger partial charge in [-0.05, 0) is 37.7 Å². The number of pyridine rings is 1. The first-order valence-corrected chi connectivity index (χ1v) is 8.01. The third-order valence-electron chi connectivity index (χ3n) is 3.64. The third kappa shape index (κ3) is 2.97. The van der Waals surface area contributed by atoms with E-state index < -0.39 is 0 Å². The summed E-state index contributed by atoms with van der Waals surface area (Å²) in [5.74, 6) is 0.916. The monoisotopic (exact) mass is 274 g/mol. The van der Waals surface area contributed by atoms with Gasteiger partial charge in [-0.25, -0.2) is 9.97 Å². The van der Waals surface area contributed by atoms with Gasteiger partial charge in [-0.2, -0.15) is 11.8 Å². The van der Waals surface area contributed by atoms with Crippen molar-refractivity contribution in [3.8, 4) is 0 Å². The third-order valence-corrected chi connectivity index (χ3v) is 4.74. The topological polar surface area (TPSA) is 50.7 Å². The fraction of sp³-hybridized carbons (Fsp3) is 0.500. The summed E-state index contributed by atoms with van der Waals surface area (Å²) in [6.07, 6.45) is 10.7. The summed E-state index contributed by atoms with van der Waals surface area (Å²) < 4.78 is 0. The van der Waals surface area contributed by atoms with E-state index in [-0.39, 0.29) is 0 Å². The molecule has 1 fully saturated rings.